The first kappa shape index (κ1) is 28.4. The first-order valence-electron chi connectivity index (χ1n) is 13.7. The fraction of sp³-hybridized carbons (Fsp3) is 0.517. The van der Waals surface area contributed by atoms with E-state index in [0.29, 0.717) is 31.6 Å². The molecule has 0 aliphatic carbocycles. The molecule has 0 spiro atoms. The first-order valence-corrected chi connectivity index (χ1v) is 15.1. The zero-order chi connectivity index (χ0) is 27.0. The Morgan fingerprint density at radius 2 is 1.68 bits per heavy atom. The molecule has 2 aliphatic rings. The van der Waals surface area contributed by atoms with Crippen molar-refractivity contribution in [1.29, 1.82) is 0 Å². The topological polar surface area (TPSA) is 96.0 Å². The molecule has 2 saturated heterocycles. The van der Waals surface area contributed by atoms with Crippen LogP contribution in [0, 0.1) is 5.92 Å². The van der Waals surface area contributed by atoms with Gasteiger partial charge in [0.2, 0.25) is 10.0 Å². The number of ether oxygens (including phenoxy) is 1. The standard InChI is InChI=1S/C29H39N3O5S/c1-2-37-29(34)24-14-18-32(19-15-24)38(35,36)26-13-9-12-25(20-26)28(33)22-30-21-27(23-10-5-3-6-11-23)31-16-7-4-8-17-31/h3,5-6,9-13,20,24,27,30H,2,4,7-8,14-19,21-22H2,1H3. The number of nitrogens with zero attached hydrogens (tertiary/aromatic N) is 2. The van der Waals surface area contributed by atoms with E-state index in [1.165, 1.54) is 41.3 Å². The summed E-state index contributed by atoms with van der Waals surface area (Å²) in [6, 6.07) is 16.8. The summed E-state index contributed by atoms with van der Waals surface area (Å²) in [4.78, 5) is 27.6. The van der Waals surface area contributed by atoms with Crippen molar-refractivity contribution in [3.05, 3.63) is 65.7 Å². The maximum absolute atomic E-state index is 13.3. The normalized spacial score (nSPS) is 18.7. The molecule has 0 amide bonds. The Morgan fingerprint density at radius 3 is 2.37 bits per heavy atom. The number of Topliss-reactive ketones (excluding diaryl/α,β-unsaturated/α-hetero) is 1. The quantitative estimate of drug-likeness (QED) is 0.343. The Balaban J connectivity index is 1.36. The van der Waals surface area contributed by atoms with Gasteiger partial charge in [-0.25, -0.2) is 8.42 Å². The van der Waals surface area contributed by atoms with E-state index in [9.17, 15) is 18.0 Å². The van der Waals surface area contributed by atoms with Crippen LogP contribution in [-0.4, -0.2) is 75.3 Å². The Morgan fingerprint density at radius 1 is 0.974 bits per heavy atom. The monoisotopic (exact) mass is 541 g/mol. The van der Waals surface area contributed by atoms with E-state index >= 15 is 0 Å². The average Bonchev–Trinajstić information content (AvgIpc) is 2.96. The van der Waals surface area contributed by atoms with Crippen molar-refractivity contribution in [2.75, 3.05) is 45.9 Å². The molecular formula is C29H39N3O5S. The summed E-state index contributed by atoms with van der Waals surface area (Å²) in [6.07, 6.45) is 4.49. The zero-order valence-corrected chi connectivity index (χ0v) is 23.0. The highest BCUT2D eigenvalue weighted by molar-refractivity contribution is 7.89. The number of piperidine rings is 2. The lowest BCUT2D eigenvalue weighted by molar-refractivity contribution is -0.149. The van der Waals surface area contributed by atoms with Crippen LogP contribution in [0.5, 0.6) is 0 Å². The molecule has 2 aliphatic heterocycles. The van der Waals surface area contributed by atoms with E-state index in [-0.39, 0.29) is 48.2 Å². The van der Waals surface area contributed by atoms with Crippen molar-refractivity contribution < 1.29 is 22.7 Å². The van der Waals surface area contributed by atoms with Gasteiger partial charge in [0.25, 0.3) is 0 Å². The number of rotatable bonds is 11. The van der Waals surface area contributed by atoms with Crippen LogP contribution in [0.4, 0.5) is 0 Å². The van der Waals surface area contributed by atoms with Crippen LogP contribution in [0.1, 0.15) is 61.0 Å². The number of hydrogen-bond acceptors (Lipinski definition) is 7. The van der Waals surface area contributed by atoms with Gasteiger partial charge in [-0.1, -0.05) is 48.9 Å². The van der Waals surface area contributed by atoms with Gasteiger partial charge in [-0.3, -0.25) is 14.5 Å². The van der Waals surface area contributed by atoms with Gasteiger partial charge in [0.05, 0.1) is 24.0 Å². The SMILES string of the molecule is CCOC(=O)C1CCN(S(=O)(=O)c2cccc(C(=O)CNCC(c3ccccc3)N3CCCCC3)c2)CC1. The van der Waals surface area contributed by atoms with Crippen molar-refractivity contribution in [1.82, 2.24) is 14.5 Å². The van der Waals surface area contributed by atoms with Gasteiger partial charge < -0.3 is 10.1 Å². The first-order chi connectivity index (χ1) is 18.4. The maximum atomic E-state index is 13.3. The van der Waals surface area contributed by atoms with Gasteiger partial charge in [0.15, 0.2) is 5.78 Å². The number of hydrogen-bond donors (Lipinski definition) is 1. The van der Waals surface area contributed by atoms with Gasteiger partial charge >= 0.3 is 5.97 Å². The summed E-state index contributed by atoms with van der Waals surface area (Å²) in [5.41, 5.74) is 1.60. The fourth-order valence-electron chi connectivity index (χ4n) is 5.36. The van der Waals surface area contributed by atoms with Gasteiger partial charge in [-0.05, 0) is 63.4 Å². The highest BCUT2D eigenvalue weighted by Gasteiger charge is 2.33. The number of carbonyl (C=O) groups excluding carboxylic acids is 2. The lowest BCUT2D eigenvalue weighted by atomic mass is 9.98. The number of sulfonamides is 1. The van der Waals surface area contributed by atoms with E-state index in [0.717, 1.165) is 13.1 Å². The highest BCUT2D eigenvalue weighted by atomic mass is 32.2. The summed E-state index contributed by atoms with van der Waals surface area (Å²) in [7, 11) is -3.76. The Labute approximate surface area is 226 Å². The van der Waals surface area contributed by atoms with Crippen LogP contribution in [-0.2, 0) is 19.6 Å². The highest BCUT2D eigenvalue weighted by Crippen LogP contribution is 2.26. The van der Waals surface area contributed by atoms with E-state index in [2.05, 4.69) is 22.3 Å². The predicted molar refractivity (Wildman–Crippen MR) is 146 cm³/mol. The maximum Gasteiger partial charge on any atom is 0.309 e. The molecule has 0 radical (unpaired) electrons. The summed E-state index contributed by atoms with van der Waals surface area (Å²) in [5.74, 6) is -0.682. The van der Waals surface area contributed by atoms with Crippen LogP contribution in [0.3, 0.4) is 0 Å². The van der Waals surface area contributed by atoms with Crippen LogP contribution >= 0.6 is 0 Å². The molecule has 2 fully saturated rings. The lowest BCUT2D eigenvalue weighted by Gasteiger charge is -2.35. The second-order valence-electron chi connectivity index (χ2n) is 10.0. The number of carbonyl (C=O) groups is 2. The third-order valence-corrected chi connectivity index (χ3v) is 9.40. The van der Waals surface area contributed by atoms with Crippen molar-refractivity contribution in [2.45, 2.75) is 50.0 Å². The average molecular weight is 542 g/mol. The molecule has 1 N–H and O–H groups in total. The van der Waals surface area contributed by atoms with Crippen LogP contribution in [0.25, 0.3) is 0 Å². The second-order valence-corrected chi connectivity index (χ2v) is 12.0. The molecule has 0 bridgehead atoms. The number of esters is 1. The van der Waals surface area contributed by atoms with E-state index < -0.39 is 10.0 Å². The van der Waals surface area contributed by atoms with Crippen molar-refractivity contribution in [3.63, 3.8) is 0 Å². The van der Waals surface area contributed by atoms with Crippen molar-refractivity contribution >= 4 is 21.8 Å². The predicted octanol–water partition coefficient (Wildman–Crippen LogP) is 3.65. The summed E-state index contributed by atoms with van der Waals surface area (Å²) < 4.78 is 33.0. The van der Waals surface area contributed by atoms with E-state index in [4.69, 9.17) is 4.74 Å². The molecule has 2 aromatic rings. The molecule has 0 aromatic heterocycles. The van der Waals surface area contributed by atoms with Crippen LogP contribution in [0.2, 0.25) is 0 Å². The molecule has 38 heavy (non-hydrogen) atoms. The summed E-state index contributed by atoms with van der Waals surface area (Å²) in [5, 5.41) is 3.33. The molecule has 206 valence electrons. The Kier molecular flexibility index (Phi) is 10.1. The smallest absolute Gasteiger partial charge is 0.309 e. The third-order valence-electron chi connectivity index (χ3n) is 7.51. The second kappa shape index (κ2) is 13.5. The van der Waals surface area contributed by atoms with Crippen LogP contribution < -0.4 is 5.32 Å². The number of benzene rings is 2. The number of ketones is 1. The molecule has 9 heteroatoms. The number of likely N-dealkylation sites (tertiary alicyclic amines) is 1. The molecule has 2 heterocycles. The molecule has 2 aromatic carbocycles. The third kappa shape index (κ3) is 7.08. The minimum Gasteiger partial charge on any atom is -0.466 e. The molecule has 1 unspecified atom stereocenters. The van der Waals surface area contributed by atoms with Gasteiger partial charge in [0, 0.05) is 31.2 Å². The number of nitrogens with one attached hydrogen (secondary N) is 1. The van der Waals surface area contributed by atoms with Gasteiger partial charge in [0.1, 0.15) is 0 Å². The fourth-order valence-corrected chi connectivity index (χ4v) is 6.87. The lowest BCUT2D eigenvalue weighted by Crippen LogP contribution is -2.40. The molecule has 4 rings (SSSR count). The van der Waals surface area contributed by atoms with Crippen LogP contribution in [0.15, 0.2) is 59.5 Å². The minimum atomic E-state index is -3.76. The molecule has 1 atom stereocenters. The minimum absolute atomic E-state index is 0.105. The van der Waals surface area contributed by atoms with Gasteiger partial charge in [-0.2, -0.15) is 4.31 Å². The zero-order valence-electron chi connectivity index (χ0n) is 22.2. The van der Waals surface area contributed by atoms with Gasteiger partial charge in [-0.15, -0.1) is 0 Å². The summed E-state index contributed by atoms with van der Waals surface area (Å²) >= 11 is 0. The Bertz CT molecular complexity index is 1170. The van der Waals surface area contributed by atoms with Crippen molar-refractivity contribution in [3.8, 4) is 0 Å². The van der Waals surface area contributed by atoms with E-state index in [1.807, 2.05) is 18.2 Å². The largest absolute Gasteiger partial charge is 0.466 e. The molecular weight excluding hydrogens is 502 g/mol. The Hall–Kier alpha value is -2.59. The van der Waals surface area contributed by atoms with E-state index in [1.54, 1.807) is 19.1 Å². The molecule has 0 saturated carbocycles. The molecule has 8 nitrogen and oxygen atoms in total. The summed E-state index contributed by atoms with van der Waals surface area (Å²) in [6.45, 7) is 5.45. The van der Waals surface area contributed by atoms with Crippen molar-refractivity contribution in [2.24, 2.45) is 5.92 Å².